The number of nitrogens with zero attached hydrogens (tertiary/aromatic N) is 2. The molecule has 2 atom stereocenters. The second-order valence-corrected chi connectivity index (χ2v) is 11.0. The van der Waals surface area contributed by atoms with Crippen molar-refractivity contribution in [2.24, 2.45) is 0 Å². The summed E-state index contributed by atoms with van der Waals surface area (Å²) in [5, 5.41) is 7.09. The van der Waals surface area contributed by atoms with Crippen molar-refractivity contribution < 1.29 is 32.6 Å². The minimum atomic E-state index is -3.35. The van der Waals surface area contributed by atoms with Gasteiger partial charge in [0.1, 0.15) is 23.9 Å². The Bertz CT molecular complexity index is 1220. The van der Waals surface area contributed by atoms with Crippen LogP contribution in [0.3, 0.4) is 0 Å². The number of nitrogens with one attached hydrogen (secondary N) is 1. The predicted octanol–water partition coefficient (Wildman–Crippen LogP) is 5.78. The molecule has 39 heavy (non-hydrogen) atoms. The highest BCUT2D eigenvalue weighted by atomic mass is 31.2. The number of anilines is 1. The summed E-state index contributed by atoms with van der Waals surface area (Å²) in [6.45, 7) is 8.23. The summed E-state index contributed by atoms with van der Waals surface area (Å²) in [5.74, 6) is 0.876. The minimum absolute atomic E-state index is 0.0669. The van der Waals surface area contributed by atoms with Crippen LogP contribution >= 0.6 is 7.60 Å². The van der Waals surface area contributed by atoms with Gasteiger partial charge < -0.3 is 28.6 Å². The molecule has 11 heteroatoms. The molecule has 212 valence electrons. The molecule has 0 radical (unpaired) electrons. The van der Waals surface area contributed by atoms with Crippen molar-refractivity contribution in [3.05, 3.63) is 71.9 Å². The smallest absolute Gasteiger partial charge is 0.351 e. The number of hydrogen-bond acceptors (Lipinski definition) is 8. The summed E-state index contributed by atoms with van der Waals surface area (Å²) in [4.78, 5) is 13.2. The first-order chi connectivity index (χ1) is 18.7. The van der Waals surface area contributed by atoms with Crippen LogP contribution in [0.5, 0.6) is 11.5 Å². The van der Waals surface area contributed by atoms with Crippen LogP contribution in [-0.4, -0.2) is 54.8 Å². The predicted molar refractivity (Wildman–Crippen MR) is 150 cm³/mol. The first kappa shape index (κ1) is 30.4. The van der Waals surface area contributed by atoms with E-state index in [1.807, 2.05) is 44.2 Å². The van der Waals surface area contributed by atoms with Gasteiger partial charge in [0.2, 0.25) is 0 Å². The summed E-state index contributed by atoms with van der Waals surface area (Å²) in [6.07, 6.45) is 1.87. The highest BCUT2D eigenvalue weighted by molar-refractivity contribution is 7.52. The fourth-order valence-corrected chi connectivity index (χ4v) is 5.48. The van der Waals surface area contributed by atoms with Gasteiger partial charge in [0.05, 0.1) is 25.9 Å². The molecular weight excluding hydrogens is 521 g/mol. The number of carbonyl (C=O) groups is 1. The van der Waals surface area contributed by atoms with Crippen molar-refractivity contribution in [3.8, 4) is 11.5 Å². The lowest BCUT2D eigenvalue weighted by atomic mass is 10.1. The minimum Gasteiger partial charge on any atom is -0.490 e. The number of ether oxygens (including phenoxy) is 3. The first-order valence-electron chi connectivity index (χ1n) is 13.0. The highest BCUT2D eigenvalue weighted by Gasteiger charge is 2.25. The third-order valence-corrected chi connectivity index (χ3v) is 7.38. The molecule has 3 aromatic rings. The Hall–Kier alpha value is -3.17. The van der Waals surface area contributed by atoms with E-state index in [4.69, 9.17) is 23.3 Å². The van der Waals surface area contributed by atoms with Crippen molar-refractivity contribution in [2.45, 2.75) is 52.6 Å². The number of carbonyl (C=O) groups excluding carboxylic acids is 1. The molecule has 10 nitrogen and oxygen atoms in total. The monoisotopic (exact) mass is 559 g/mol. The Morgan fingerprint density at radius 3 is 2.23 bits per heavy atom. The molecule has 2 aromatic carbocycles. The molecule has 0 saturated carbocycles. The maximum atomic E-state index is 13.2. The number of methoxy groups -OCH3 is 1. The van der Waals surface area contributed by atoms with Crippen molar-refractivity contribution in [1.82, 2.24) is 9.78 Å². The Kier molecular flexibility index (Phi) is 11.6. The van der Waals surface area contributed by atoms with Crippen LogP contribution in [0.25, 0.3) is 0 Å². The van der Waals surface area contributed by atoms with E-state index in [1.165, 1.54) is 4.68 Å². The van der Waals surface area contributed by atoms with Gasteiger partial charge in [-0.15, -0.1) is 0 Å². The van der Waals surface area contributed by atoms with Gasteiger partial charge in [0, 0.05) is 37.4 Å². The average Bonchev–Trinajstić information content (AvgIpc) is 3.30. The molecule has 0 fully saturated rings. The average molecular weight is 560 g/mol. The van der Waals surface area contributed by atoms with E-state index in [1.54, 1.807) is 51.4 Å². The van der Waals surface area contributed by atoms with Crippen LogP contribution in [0.4, 0.5) is 5.82 Å². The summed E-state index contributed by atoms with van der Waals surface area (Å²) in [6, 6.07) is 16.7. The number of aromatic nitrogens is 2. The summed E-state index contributed by atoms with van der Waals surface area (Å²) < 4.78 is 42.2. The fraction of sp³-hybridized carbons (Fsp3) is 0.429. The lowest BCUT2D eigenvalue weighted by molar-refractivity contribution is 0.0913. The molecule has 1 amide bonds. The topological polar surface area (TPSA) is 110 Å². The van der Waals surface area contributed by atoms with Gasteiger partial charge in [-0.2, -0.15) is 5.10 Å². The Labute approximate surface area is 230 Å². The van der Waals surface area contributed by atoms with Crippen molar-refractivity contribution in [1.29, 1.82) is 0 Å². The molecule has 0 spiro atoms. The lowest BCUT2D eigenvalue weighted by Gasteiger charge is -2.19. The van der Waals surface area contributed by atoms with Gasteiger partial charge in [-0.05, 0) is 45.4 Å². The Morgan fingerprint density at radius 1 is 0.974 bits per heavy atom. The second-order valence-electron chi connectivity index (χ2n) is 8.98. The summed E-state index contributed by atoms with van der Waals surface area (Å²) >= 11 is 0. The standard InChI is InChI=1S/C28H38N3O7P/c1-6-35-39(33,36-7-2)20-31-14-13-27(30-31)29-28(32)24-16-25(18-26(17-24)38-22(4)19-34-5)37-21(3)15-23-11-9-8-10-12-23/h8-14,16-18,21-22H,6-7,15,19-20H2,1-5H3,(H,29,30,32)/t21-,22-/m0/s1. The second kappa shape index (κ2) is 14.8. The molecule has 0 aliphatic carbocycles. The van der Waals surface area contributed by atoms with Crippen LogP contribution in [-0.2, 0) is 31.1 Å². The molecule has 1 aromatic heterocycles. The molecule has 0 aliphatic rings. The van der Waals surface area contributed by atoms with Gasteiger partial charge >= 0.3 is 7.60 Å². The first-order valence-corrected chi connectivity index (χ1v) is 14.7. The lowest BCUT2D eigenvalue weighted by Crippen LogP contribution is -2.20. The molecule has 0 unspecified atom stereocenters. The number of hydrogen-bond donors (Lipinski definition) is 1. The van der Waals surface area contributed by atoms with E-state index >= 15 is 0 Å². The van der Waals surface area contributed by atoms with E-state index in [9.17, 15) is 9.36 Å². The molecular formula is C28H38N3O7P. The normalized spacial score (nSPS) is 13.1. The fourth-order valence-electron chi connectivity index (χ4n) is 3.95. The zero-order valence-corrected chi connectivity index (χ0v) is 24.1. The molecule has 1 heterocycles. The van der Waals surface area contributed by atoms with E-state index in [2.05, 4.69) is 10.4 Å². The molecule has 0 aliphatic heterocycles. The summed E-state index contributed by atoms with van der Waals surface area (Å²) in [7, 11) is -1.75. The third kappa shape index (κ3) is 9.82. The zero-order chi connectivity index (χ0) is 28.3. The summed E-state index contributed by atoms with van der Waals surface area (Å²) in [5.41, 5.74) is 1.49. The maximum absolute atomic E-state index is 13.2. The van der Waals surface area contributed by atoms with Gasteiger partial charge in [0.15, 0.2) is 5.82 Å². The van der Waals surface area contributed by atoms with Crippen LogP contribution in [0.1, 0.15) is 43.6 Å². The van der Waals surface area contributed by atoms with Crippen LogP contribution in [0.2, 0.25) is 0 Å². The maximum Gasteiger partial charge on any atom is 0.351 e. The highest BCUT2D eigenvalue weighted by Crippen LogP contribution is 2.49. The van der Waals surface area contributed by atoms with Crippen LogP contribution in [0, 0.1) is 0 Å². The SMILES string of the molecule is CCOP(=O)(Cn1ccc(NC(=O)c2cc(O[C@@H](C)COC)cc(O[C@@H](C)Cc3ccccc3)c2)n1)OCC. The molecule has 1 N–H and O–H groups in total. The van der Waals surface area contributed by atoms with Gasteiger partial charge in [-0.3, -0.25) is 14.0 Å². The van der Waals surface area contributed by atoms with E-state index < -0.39 is 13.5 Å². The molecule has 3 rings (SSSR count). The number of rotatable bonds is 16. The number of amides is 1. The van der Waals surface area contributed by atoms with E-state index in [0.29, 0.717) is 35.9 Å². The van der Waals surface area contributed by atoms with Crippen molar-refractivity contribution in [3.63, 3.8) is 0 Å². The zero-order valence-electron chi connectivity index (χ0n) is 23.2. The van der Waals surface area contributed by atoms with E-state index in [-0.39, 0.29) is 31.7 Å². The largest absolute Gasteiger partial charge is 0.490 e. The van der Waals surface area contributed by atoms with Gasteiger partial charge in [0.25, 0.3) is 5.91 Å². The third-order valence-electron chi connectivity index (χ3n) is 5.44. The van der Waals surface area contributed by atoms with Crippen LogP contribution in [0.15, 0.2) is 60.8 Å². The van der Waals surface area contributed by atoms with Crippen molar-refractivity contribution in [2.75, 3.05) is 32.2 Å². The van der Waals surface area contributed by atoms with Crippen LogP contribution < -0.4 is 14.8 Å². The number of benzene rings is 2. The van der Waals surface area contributed by atoms with Gasteiger partial charge in [-0.25, -0.2) is 0 Å². The van der Waals surface area contributed by atoms with Gasteiger partial charge in [-0.1, -0.05) is 30.3 Å². The molecule has 0 bridgehead atoms. The Balaban J connectivity index is 1.76. The molecule has 0 saturated heterocycles. The van der Waals surface area contributed by atoms with Crippen molar-refractivity contribution >= 4 is 19.3 Å². The Morgan fingerprint density at radius 2 is 1.62 bits per heavy atom. The van der Waals surface area contributed by atoms with E-state index in [0.717, 1.165) is 5.56 Å². The quantitative estimate of drug-likeness (QED) is 0.220.